The average Bonchev–Trinajstić information content (AvgIpc) is 3.14. The zero-order valence-electron chi connectivity index (χ0n) is 16.6. The molecule has 0 radical (unpaired) electrons. The highest BCUT2D eigenvalue weighted by molar-refractivity contribution is 8.14. The van der Waals surface area contributed by atoms with Crippen LogP contribution in [0.3, 0.4) is 0 Å². The molecule has 0 aliphatic carbocycles. The fourth-order valence-electron chi connectivity index (χ4n) is 3.76. The van der Waals surface area contributed by atoms with E-state index in [1.807, 2.05) is 49.1 Å². The summed E-state index contributed by atoms with van der Waals surface area (Å²) in [7, 11) is -3.13. The number of thioether (sulfide) groups is 1. The number of amides is 1. The predicted molar refractivity (Wildman–Crippen MR) is 125 cm³/mol. The van der Waals surface area contributed by atoms with Crippen LogP contribution in [0, 0.1) is 13.8 Å². The van der Waals surface area contributed by atoms with Gasteiger partial charge in [0.2, 0.25) is 5.91 Å². The van der Waals surface area contributed by atoms with Crippen molar-refractivity contribution in [3.63, 3.8) is 0 Å². The smallest absolute Gasteiger partial charge is 0.234 e. The van der Waals surface area contributed by atoms with Crippen molar-refractivity contribution in [2.24, 2.45) is 4.99 Å². The number of fused-ring (bicyclic) bond motifs is 1. The second kappa shape index (κ2) is 8.24. The van der Waals surface area contributed by atoms with E-state index < -0.39 is 9.84 Å². The maximum Gasteiger partial charge on any atom is 0.234 e. The molecule has 9 heteroatoms. The molecule has 2 aromatic carbocycles. The van der Waals surface area contributed by atoms with E-state index in [1.54, 1.807) is 12.1 Å². The van der Waals surface area contributed by atoms with Gasteiger partial charge in [0.1, 0.15) is 0 Å². The second-order valence-electron chi connectivity index (χ2n) is 7.56. The molecule has 0 bridgehead atoms. The molecule has 2 atom stereocenters. The molecule has 30 heavy (non-hydrogen) atoms. The SMILES string of the molecule is Cc1cccc(NC(=O)CSC2=N[C@@H]3CS(=O)(=O)C[C@H]3N2c2cccc(Cl)c2)c1C. The average molecular weight is 464 g/mol. The lowest BCUT2D eigenvalue weighted by Crippen LogP contribution is -2.39. The van der Waals surface area contributed by atoms with Gasteiger partial charge >= 0.3 is 0 Å². The molecule has 1 N–H and O–H groups in total. The molecule has 0 unspecified atom stereocenters. The van der Waals surface area contributed by atoms with E-state index in [0.717, 1.165) is 22.5 Å². The van der Waals surface area contributed by atoms with Crippen LogP contribution in [0.5, 0.6) is 0 Å². The van der Waals surface area contributed by atoms with Crippen molar-refractivity contribution in [2.75, 3.05) is 27.5 Å². The Balaban J connectivity index is 1.51. The molecule has 2 aliphatic rings. The van der Waals surface area contributed by atoms with Crippen LogP contribution in [0.15, 0.2) is 47.5 Å². The summed E-state index contributed by atoms with van der Waals surface area (Å²) in [5.41, 5.74) is 3.73. The van der Waals surface area contributed by atoms with Crippen molar-refractivity contribution < 1.29 is 13.2 Å². The number of anilines is 2. The van der Waals surface area contributed by atoms with E-state index >= 15 is 0 Å². The third kappa shape index (κ3) is 4.36. The third-order valence-corrected chi connectivity index (χ3v) is 8.31. The lowest BCUT2D eigenvalue weighted by molar-refractivity contribution is -0.113. The van der Waals surface area contributed by atoms with E-state index in [-0.39, 0.29) is 35.2 Å². The number of sulfone groups is 1. The van der Waals surface area contributed by atoms with Crippen LogP contribution < -0.4 is 10.2 Å². The summed E-state index contributed by atoms with van der Waals surface area (Å²) in [6, 6.07) is 12.5. The number of nitrogens with zero attached hydrogens (tertiary/aromatic N) is 2. The number of rotatable bonds is 4. The van der Waals surface area contributed by atoms with E-state index in [1.165, 1.54) is 11.8 Å². The summed E-state index contributed by atoms with van der Waals surface area (Å²) in [5, 5.41) is 4.17. The minimum absolute atomic E-state index is 0.0352. The number of halogens is 1. The molecule has 6 nitrogen and oxygen atoms in total. The Morgan fingerprint density at radius 3 is 2.77 bits per heavy atom. The molecule has 2 aromatic rings. The van der Waals surface area contributed by atoms with Gasteiger partial charge < -0.3 is 10.2 Å². The van der Waals surface area contributed by atoms with E-state index in [4.69, 9.17) is 11.6 Å². The van der Waals surface area contributed by atoms with Crippen molar-refractivity contribution in [1.82, 2.24) is 0 Å². The Morgan fingerprint density at radius 2 is 2.00 bits per heavy atom. The third-order valence-electron chi connectivity index (χ3n) is 5.40. The summed E-state index contributed by atoms with van der Waals surface area (Å²) in [5.74, 6) is 0.127. The Kier molecular flexibility index (Phi) is 5.83. The summed E-state index contributed by atoms with van der Waals surface area (Å²) in [4.78, 5) is 19.1. The molecule has 0 aromatic heterocycles. The van der Waals surface area contributed by atoms with Gasteiger partial charge in [-0.15, -0.1) is 0 Å². The first-order chi connectivity index (χ1) is 14.2. The standard InChI is InChI=1S/C21H22ClN3O3S2/c1-13-5-3-8-17(14(13)2)23-20(26)10-29-21-24-18-11-30(27,28)12-19(18)25(21)16-7-4-6-15(22)9-16/h3-9,18-19H,10-12H2,1-2H3,(H,23,26)/t18-,19-/m1/s1. The first-order valence-corrected chi connectivity index (χ1v) is 12.7. The highest BCUT2D eigenvalue weighted by atomic mass is 35.5. The Bertz CT molecular complexity index is 1130. The van der Waals surface area contributed by atoms with Crippen LogP contribution in [0.25, 0.3) is 0 Å². The number of carbonyl (C=O) groups excluding carboxylic acids is 1. The number of hydrogen-bond acceptors (Lipinski definition) is 6. The summed E-state index contributed by atoms with van der Waals surface area (Å²) in [6.45, 7) is 3.98. The predicted octanol–water partition coefficient (Wildman–Crippen LogP) is 3.67. The highest BCUT2D eigenvalue weighted by Gasteiger charge is 2.47. The molecule has 1 fully saturated rings. The summed E-state index contributed by atoms with van der Waals surface area (Å²) < 4.78 is 24.3. The van der Waals surface area contributed by atoms with Crippen LogP contribution in [-0.4, -0.2) is 48.8 Å². The number of amidine groups is 1. The van der Waals surface area contributed by atoms with Crippen molar-refractivity contribution in [3.8, 4) is 0 Å². The minimum atomic E-state index is -3.13. The molecule has 1 amide bonds. The molecule has 158 valence electrons. The van der Waals surface area contributed by atoms with Crippen LogP contribution >= 0.6 is 23.4 Å². The molecule has 2 heterocycles. The van der Waals surface area contributed by atoms with Crippen molar-refractivity contribution >= 4 is 55.6 Å². The van der Waals surface area contributed by atoms with Crippen LogP contribution in [0.1, 0.15) is 11.1 Å². The molecule has 4 rings (SSSR count). The monoisotopic (exact) mass is 463 g/mol. The number of benzene rings is 2. The van der Waals surface area contributed by atoms with Crippen molar-refractivity contribution in [3.05, 3.63) is 58.6 Å². The number of aryl methyl sites for hydroxylation is 1. The lowest BCUT2D eigenvalue weighted by atomic mass is 10.1. The van der Waals surface area contributed by atoms with Crippen LogP contribution in [-0.2, 0) is 14.6 Å². The van der Waals surface area contributed by atoms with E-state index in [9.17, 15) is 13.2 Å². The maximum absolute atomic E-state index is 12.6. The van der Waals surface area contributed by atoms with Gasteiger partial charge in [-0.25, -0.2) is 8.42 Å². The van der Waals surface area contributed by atoms with Crippen LogP contribution in [0.4, 0.5) is 11.4 Å². The van der Waals surface area contributed by atoms with Gasteiger partial charge in [-0.05, 0) is 49.2 Å². The van der Waals surface area contributed by atoms with Gasteiger partial charge in [-0.3, -0.25) is 9.79 Å². The Hall–Kier alpha value is -2.03. The zero-order chi connectivity index (χ0) is 21.5. The minimum Gasteiger partial charge on any atom is -0.325 e. The van der Waals surface area contributed by atoms with Gasteiger partial charge in [0.05, 0.1) is 29.3 Å². The fraction of sp³-hybridized carbons (Fsp3) is 0.333. The number of carbonyl (C=O) groups is 1. The molecular weight excluding hydrogens is 442 g/mol. The Labute approximate surface area is 185 Å². The largest absolute Gasteiger partial charge is 0.325 e. The summed E-state index contributed by atoms with van der Waals surface area (Å²) >= 11 is 7.47. The number of hydrogen-bond donors (Lipinski definition) is 1. The normalized spacial score (nSPS) is 22.0. The molecular formula is C21H22ClN3O3S2. The van der Waals surface area contributed by atoms with E-state index in [2.05, 4.69) is 10.3 Å². The summed E-state index contributed by atoms with van der Waals surface area (Å²) in [6.07, 6.45) is 0. The van der Waals surface area contributed by atoms with E-state index in [0.29, 0.717) is 10.2 Å². The number of aliphatic imine (C=N–C) groups is 1. The van der Waals surface area contributed by atoms with Gasteiger partial charge in [0.25, 0.3) is 0 Å². The van der Waals surface area contributed by atoms with Crippen molar-refractivity contribution in [1.29, 1.82) is 0 Å². The quantitative estimate of drug-likeness (QED) is 0.748. The molecule has 2 aliphatic heterocycles. The van der Waals surface area contributed by atoms with Gasteiger partial charge in [-0.1, -0.05) is 41.6 Å². The maximum atomic E-state index is 12.6. The van der Waals surface area contributed by atoms with Gasteiger partial charge in [-0.2, -0.15) is 0 Å². The number of nitrogens with one attached hydrogen (secondary N) is 1. The molecule has 0 saturated carbocycles. The highest BCUT2D eigenvalue weighted by Crippen LogP contribution is 2.36. The first kappa shape index (κ1) is 21.2. The van der Waals surface area contributed by atoms with Crippen molar-refractivity contribution in [2.45, 2.75) is 25.9 Å². The van der Waals surface area contributed by atoms with Crippen LogP contribution in [0.2, 0.25) is 5.02 Å². The molecule has 1 saturated heterocycles. The lowest BCUT2D eigenvalue weighted by Gasteiger charge is -2.26. The second-order valence-corrected chi connectivity index (χ2v) is 11.1. The molecule has 0 spiro atoms. The van der Waals surface area contributed by atoms with Gasteiger partial charge in [0, 0.05) is 16.4 Å². The first-order valence-electron chi connectivity index (χ1n) is 9.55. The Morgan fingerprint density at radius 1 is 1.23 bits per heavy atom. The van der Waals surface area contributed by atoms with Gasteiger partial charge in [0.15, 0.2) is 15.0 Å². The fourth-order valence-corrected chi connectivity index (χ4v) is 6.72. The topological polar surface area (TPSA) is 78.8 Å². The zero-order valence-corrected chi connectivity index (χ0v) is 19.0.